The highest BCUT2D eigenvalue weighted by atomic mass is 16.5. The number of hydrogen-bond acceptors (Lipinski definition) is 3. The van der Waals surface area contributed by atoms with E-state index in [2.05, 4.69) is 20.8 Å². The van der Waals surface area contributed by atoms with E-state index in [0.717, 1.165) is 0 Å². The summed E-state index contributed by atoms with van der Waals surface area (Å²) in [7, 11) is 5.18. The van der Waals surface area contributed by atoms with E-state index in [1.54, 1.807) is 21.3 Å². The lowest BCUT2D eigenvalue weighted by molar-refractivity contribution is 0.172. The third-order valence-corrected chi connectivity index (χ3v) is 3.58. The van der Waals surface area contributed by atoms with E-state index < -0.39 is 0 Å². The molecule has 0 heterocycles. The Morgan fingerprint density at radius 3 is 0.944 bits per heavy atom. The Balaban J connectivity index is 3.42. The molecule has 1 rings (SSSR count). The summed E-state index contributed by atoms with van der Waals surface area (Å²) in [6.45, 7) is 8.31. The third-order valence-electron chi connectivity index (χ3n) is 3.58. The van der Waals surface area contributed by atoms with E-state index in [1.807, 2.05) is 0 Å². The highest BCUT2D eigenvalue weighted by Crippen LogP contribution is 2.28. The van der Waals surface area contributed by atoms with Crippen LogP contribution in [0.3, 0.4) is 0 Å². The van der Waals surface area contributed by atoms with E-state index >= 15 is 0 Å². The van der Waals surface area contributed by atoms with E-state index in [-0.39, 0.29) is 0 Å². The fourth-order valence-electron chi connectivity index (χ4n) is 2.47. The van der Waals surface area contributed by atoms with Gasteiger partial charge in [0.05, 0.1) is 19.8 Å². The molecule has 0 unspecified atom stereocenters. The molecule has 0 aliphatic carbocycles. The van der Waals surface area contributed by atoms with Crippen molar-refractivity contribution in [1.29, 1.82) is 0 Å². The Morgan fingerprint density at radius 1 is 0.556 bits per heavy atom. The summed E-state index contributed by atoms with van der Waals surface area (Å²) in [6.07, 6.45) is 0. The monoisotopic (exact) mass is 252 g/mol. The molecule has 18 heavy (non-hydrogen) atoms. The Bertz CT molecular complexity index is 328. The Hall–Kier alpha value is -0.900. The van der Waals surface area contributed by atoms with Gasteiger partial charge in [-0.25, -0.2) is 0 Å². The van der Waals surface area contributed by atoms with Crippen LogP contribution in [-0.2, 0) is 34.0 Å². The topological polar surface area (TPSA) is 27.7 Å². The number of rotatable bonds is 6. The van der Waals surface area contributed by atoms with Gasteiger partial charge in [0.2, 0.25) is 0 Å². The molecule has 102 valence electrons. The minimum Gasteiger partial charge on any atom is -0.380 e. The maximum atomic E-state index is 5.31. The molecule has 0 amide bonds. The van der Waals surface area contributed by atoms with Gasteiger partial charge >= 0.3 is 0 Å². The molecule has 0 saturated heterocycles. The molecule has 0 fully saturated rings. The molecule has 3 nitrogen and oxygen atoms in total. The number of benzene rings is 1. The molecule has 0 atom stereocenters. The molecular weight excluding hydrogens is 228 g/mol. The molecule has 1 aromatic rings. The van der Waals surface area contributed by atoms with Crippen LogP contribution in [0.2, 0.25) is 0 Å². The Morgan fingerprint density at radius 2 is 0.778 bits per heavy atom. The van der Waals surface area contributed by atoms with Gasteiger partial charge in [-0.2, -0.15) is 0 Å². The molecule has 0 radical (unpaired) electrons. The van der Waals surface area contributed by atoms with Crippen molar-refractivity contribution in [2.24, 2.45) is 0 Å². The van der Waals surface area contributed by atoms with Crippen LogP contribution in [0, 0.1) is 20.8 Å². The lowest BCUT2D eigenvalue weighted by Crippen LogP contribution is -2.09. The van der Waals surface area contributed by atoms with Gasteiger partial charge in [-0.3, -0.25) is 0 Å². The van der Waals surface area contributed by atoms with Crippen molar-refractivity contribution in [2.75, 3.05) is 21.3 Å². The molecule has 0 aromatic heterocycles. The van der Waals surface area contributed by atoms with E-state index in [1.165, 1.54) is 33.4 Å². The van der Waals surface area contributed by atoms with Crippen molar-refractivity contribution in [3.63, 3.8) is 0 Å². The van der Waals surface area contributed by atoms with Crippen molar-refractivity contribution >= 4 is 0 Å². The second-order valence-corrected chi connectivity index (χ2v) is 4.61. The van der Waals surface area contributed by atoms with Crippen molar-refractivity contribution in [3.05, 3.63) is 33.4 Å². The number of hydrogen-bond donors (Lipinski definition) is 0. The van der Waals surface area contributed by atoms with Crippen LogP contribution in [-0.4, -0.2) is 21.3 Å². The van der Waals surface area contributed by atoms with Crippen LogP contribution in [0.15, 0.2) is 0 Å². The average Bonchev–Trinajstić information content (AvgIpc) is 2.35. The lowest BCUT2D eigenvalue weighted by atomic mass is 9.89. The normalized spacial score (nSPS) is 11.0. The average molecular weight is 252 g/mol. The van der Waals surface area contributed by atoms with E-state index in [0.29, 0.717) is 19.8 Å². The molecule has 3 heteroatoms. The maximum absolute atomic E-state index is 5.31. The fraction of sp³-hybridized carbons (Fsp3) is 0.600. The zero-order valence-electron chi connectivity index (χ0n) is 12.3. The molecule has 0 N–H and O–H groups in total. The van der Waals surface area contributed by atoms with Gasteiger partial charge in [0.1, 0.15) is 0 Å². The van der Waals surface area contributed by atoms with Gasteiger partial charge in [0.25, 0.3) is 0 Å². The van der Waals surface area contributed by atoms with Gasteiger partial charge in [0, 0.05) is 21.3 Å². The first-order valence-electron chi connectivity index (χ1n) is 6.15. The van der Waals surface area contributed by atoms with E-state index in [4.69, 9.17) is 14.2 Å². The van der Waals surface area contributed by atoms with Crippen molar-refractivity contribution in [3.8, 4) is 0 Å². The lowest BCUT2D eigenvalue weighted by Gasteiger charge is -2.21. The molecule has 0 aliphatic rings. The molecule has 0 aliphatic heterocycles. The minimum absolute atomic E-state index is 0.630. The SMILES string of the molecule is COCc1c(C)c(COC)c(C)c(COC)c1C. The van der Waals surface area contributed by atoms with Gasteiger partial charge in [0.15, 0.2) is 0 Å². The fourth-order valence-corrected chi connectivity index (χ4v) is 2.47. The minimum atomic E-state index is 0.630. The zero-order chi connectivity index (χ0) is 13.7. The van der Waals surface area contributed by atoms with Gasteiger partial charge in [-0.15, -0.1) is 0 Å². The van der Waals surface area contributed by atoms with Crippen molar-refractivity contribution in [2.45, 2.75) is 40.6 Å². The summed E-state index contributed by atoms with van der Waals surface area (Å²) >= 11 is 0. The maximum Gasteiger partial charge on any atom is 0.0718 e. The number of methoxy groups -OCH3 is 3. The summed E-state index contributed by atoms with van der Waals surface area (Å²) in [4.78, 5) is 0. The summed E-state index contributed by atoms with van der Waals surface area (Å²) < 4.78 is 15.9. The third kappa shape index (κ3) is 2.91. The Kier molecular flexibility index (Phi) is 5.79. The van der Waals surface area contributed by atoms with Gasteiger partial charge < -0.3 is 14.2 Å². The van der Waals surface area contributed by atoms with Crippen LogP contribution in [0.5, 0.6) is 0 Å². The summed E-state index contributed by atoms with van der Waals surface area (Å²) in [5.74, 6) is 0. The first-order chi connectivity index (χ1) is 8.58. The van der Waals surface area contributed by atoms with Crippen LogP contribution >= 0.6 is 0 Å². The second-order valence-electron chi connectivity index (χ2n) is 4.61. The Labute approximate surface area is 110 Å². The van der Waals surface area contributed by atoms with Crippen LogP contribution < -0.4 is 0 Å². The first kappa shape index (κ1) is 15.2. The largest absolute Gasteiger partial charge is 0.380 e. The van der Waals surface area contributed by atoms with Gasteiger partial charge in [-0.1, -0.05) is 0 Å². The van der Waals surface area contributed by atoms with Crippen LogP contribution in [0.4, 0.5) is 0 Å². The quantitative estimate of drug-likeness (QED) is 0.779. The van der Waals surface area contributed by atoms with Crippen molar-refractivity contribution < 1.29 is 14.2 Å². The predicted octanol–water partition coefficient (Wildman–Crippen LogP) is 3.05. The molecule has 0 saturated carbocycles. The van der Waals surface area contributed by atoms with Crippen LogP contribution in [0.1, 0.15) is 33.4 Å². The zero-order valence-corrected chi connectivity index (χ0v) is 12.3. The summed E-state index contributed by atoms with van der Waals surface area (Å²) in [6, 6.07) is 0. The number of ether oxygens (including phenoxy) is 3. The second kappa shape index (κ2) is 6.88. The predicted molar refractivity (Wildman–Crippen MR) is 72.8 cm³/mol. The highest BCUT2D eigenvalue weighted by Gasteiger charge is 2.16. The van der Waals surface area contributed by atoms with Crippen molar-refractivity contribution in [1.82, 2.24) is 0 Å². The highest BCUT2D eigenvalue weighted by molar-refractivity contribution is 5.50. The standard InChI is InChI=1S/C15H24O3/c1-10-13(7-16-4)11(2)15(9-18-6)12(3)14(10)8-17-5/h7-9H2,1-6H3. The van der Waals surface area contributed by atoms with Crippen LogP contribution in [0.25, 0.3) is 0 Å². The van der Waals surface area contributed by atoms with E-state index in [9.17, 15) is 0 Å². The molecular formula is C15H24O3. The van der Waals surface area contributed by atoms with Gasteiger partial charge in [-0.05, 0) is 54.2 Å². The molecule has 0 spiro atoms. The summed E-state index contributed by atoms with van der Waals surface area (Å²) in [5, 5.41) is 0. The first-order valence-corrected chi connectivity index (χ1v) is 6.15. The smallest absolute Gasteiger partial charge is 0.0718 e. The molecule has 1 aromatic carbocycles. The molecule has 0 bridgehead atoms. The summed E-state index contributed by atoms with van der Waals surface area (Å²) in [5.41, 5.74) is 7.57.